The average molecular weight is 358 g/mol. The lowest BCUT2D eigenvalue weighted by Gasteiger charge is -2.19. The number of pyridine rings is 1. The van der Waals surface area contributed by atoms with Crippen molar-refractivity contribution < 1.29 is 17.9 Å². The normalized spacial score (nSPS) is 13.4. The van der Waals surface area contributed by atoms with Crippen molar-refractivity contribution in [3.05, 3.63) is 55.0 Å². The molecule has 2 aromatic heterocycles. The van der Waals surface area contributed by atoms with Gasteiger partial charge in [0.1, 0.15) is 13.2 Å². The first-order valence-corrected chi connectivity index (χ1v) is 8.99. The van der Waals surface area contributed by atoms with Crippen molar-refractivity contribution in [3.8, 4) is 17.3 Å². The summed E-state index contributed by atoms with van der Waals surface area (Å²) in [5.41, 5.74) is 0.353. The summed E-state index contributed by atoms with van der Waals surface area (Å²) in [4.78, 5) is 4.29. The van der Waals surface area contributed by atoms with E-state index < -0.39 is 10.0 Å². The standard InChI is InChI=1S/C16H14N4O4S/c21-25(22,13-3-4-14-15(10-13)24-9-8-23-14)19-12-2-5-16(17-11-12)20-7-1-6-18-20/h1-7,10-11,19H,8-9H2. The summed E-state index contributed by atoms with van der Waals surface area (Å²) in [7, 11) is -3.76. The maximum absolute atomic E-state index is 12.5. The van der Waals surface area contributed by atoms with Crippen LogP contribution < -0.4 is 14.2 Å². The van der Waals surface area contributed by atoms with Crippen molar-refractivity contribution >= 4 is 15.7 Å². The van der Waals surface area contributed by atoms with E-state index in [1.54, 1.807) is 41.3 Å². The zero-order valence-electron chi connectivity index (χ0n) is 13.0. The van der Waals surface area contributed by atoms with Crippen LogP contribution in [0.3, 0.4) is 0 Å². The van der Waals surface area contributed by atoms with E-state index in [9.17, 15) is 8.42 Å². The molecule has 3 aromatic rings. The van der Waals surface area contributed by atoms with E-state index in [1.165, 1.54) is 18.3 Å². The molecular weight excluding hydrogens is 344 g/mol. The number of rotatable bonds is 4. The molecule has 0 saturated heterocycles. The Morgan fingerprint density at radius 2 is 1.92 bits per heavy atom. The third-order valence-corrected chi connectivity index (χ3v) is 4.94. The number of nitrogens with one attached hydrogen (secondary N) is 1. The minimum atomic E-state index is -3.76. The lowest BCUT2D eigenvalue weighted by molar-refractivity contribution is 0.171. The molecule has 128 valence electrons. The second-order valence-corrected chi connectivity index (χ2v) is 6.95. The van der Waals surface area contributed by atoms with E-state index in [0.717, 1.165) is 0 Å². The Bertz CT molecular complexity index is 985. The Morgan fingerprint density at radius 1 is 1.08 bits per heavy atom. The highest BCUT2D eigenvalue weighted by molar-refractivity contribution is 7.92. The number of hydrogen-bond acceptors (Lipinski definition) is 6. The fraction of sp³-hybridized carbons (Fsp3) is 0.125. The minimum absolute atomic E-state index is 0.0907. The van der Waals surface area contributed by atoms with Crippen LogP contribution in [0.1, 0.15) is 0 Å². The summed E-state index contributed by atoms with van der Waals surface area (Å²) in [6, 6.07) is 9.58. The SMILES string of the molecule is O=S(=O)(Nc1ccc(-n2cccn2)nc1)c1ccc2c(c1)OCCO2. The summed E-state index contributed by atoms with van der Waals surface area (Å²) in [6.45, 7) is 0.842. The van der Waals surface area contributed by atoms with Crippen LogP contribution in [0.4, 0.5) is 5.69 Å². The van der Waals surface area contributed by atoms with Crippen LogP contribution in [0.5, 0.6) is 11.5 Å². The number of aromatic nitrogens is 3. The Balaban J connectivity index is 1.57. The third-order valence-electron chi connectivity index (χ3n) is 3.56. The van der Waals surface area contributed by atoms with E-state index in [-0.39, 0.29) is 4.90 Å². The van der Waals surface area contributed by atoms with Gasteiger partial charge in [0.25, 0.3) is 10.0 Å². The van der Waals surface area contributed by atoms with Gasteiger partial charge in [0, 0.05) is 18.5 Å². The van der Waals surface area contributed by atoms with Crippen LogP contribution in [0.15, 0.2) is 59.9 Å². The van der Waals surface area contributed by atoms with Crippen LogP contribution in [0.25, 0.3) is 5.82 Å². The van der Waals surface area contributed by atoms with Crippen molar-refractivity contribution in [2.24, 2.45) is 0 Å². The molecule has 4 rings (SSSR count). The molecule has 9 heteroatoms. The molecular formula is C16H14N4O4S. The predicted octanol–water partition coefficient (Wildman–Crippen LogP) is 1.84. The van der Waals surface area contributed by atoms with Crippen molar-refractivity contribution in [3.63, 3.8) is 0 Å². The first-order valence-electron chi connectivity index (χ1n) is 7.50. The average Bonchev–Trinajstić information content (AvgIpc) is 3.16. The van der Waals surface area contributed by atoms with Gasteiger partial charge < -0.3 is 9.47 Å². The second kappa shape index (κ2) is 6.10. The fourth-order valence-corrected chi connectivity index (χ4v) is 3.45. The zero-order chi connectivity index (χ0) is 17.3. The molecule has 1 aliphatic rings. The van der Waals surface area contributed by atoms with Crippen molar-refractivity contribution in [2.75, 3.05) is 17.9 Å². The Kier molecular flexibility index (Phi) is 3.77. The van der Waals surface area contributed by atoms with Crippen molar-refractivity contribution in [1.29, 1.82) is 0 Å². The molecule has 8 nitrogen and oxygen atoms in total. The molecule has 0 atom stereocenters. The third kappa shape index (κ3) is 3.13. The molecule has 0 radical (unpaired) electrons. The number of sulfonamides is 1. The number of anilines is 1. The Morgan fingerprint density at radius 3 is 2.64 bits per heavy atom. The van der Waals surface area contributed by atoms with Crippen LogP contribution >= 0.6 is 0 Å². The summed E-state index contributed by atoms with van der Waals surface area (Å²) in [5, 5.41) is 4.07. The molecule has 0 saturated carbocycles. The Labute approximate surface area is 144 Å². The van der Waals surface area contributed by atoms with Gasteiger partial charge in [0.05, 0.1) is 16.8 Å². The van der Waals surface area contributed by atoms with E-state index in [0.29, 0.717) is 36.2 Å². The zero-order valence-corrected chi connectivity index (χ0v) is 13.8. The summed E-state index contributed by atoms with van der Waals surface area (Å²) >= 11 is 0. The smallest absolute Gasteiger partial charge is 0.262 e. The van der Waals surface area contributed by atoms with Crippen LogP contribution in [0, 0.1) is 0 Å². The maximum atomic E-state index is 12.5. The first-order chi connectivity index (χ1) is 12.1. The first kappa shape index (κ1) is 15.5. The highest BCUT2D eigenvalue weighted by atomic mass is 32.2. The lowest BCUT2D eigenvalue weighted by atomic mass is 10.3. The van der Waals surface area contributed by atoms with Crippen molar-refractivity contribution in [1.82, 2.24) is 14.8 Å². The molecule has 25 heavy (non-hydrogen) atoms. The number of nitrogens with zero attached hydrogens (tertiary/aromatic N) is 3. The highest BCUT2D eigenvalue weighted by Crippen LogP contribution is 2.32. The molecule has 1 N–H and O–H groups in total. The largest absolute Gasteiger partial charge is 0.486 e. The molecule has 1 aromatic carbocycles. The van der Waals surface area contributed by atoms with Gasteiger partial charge >= 0.3 is 0 Å². The Hall–Kier alpha value is -3.07. The molecule has 0 spiro atoms. The van der Waals surface area contributed by atoms with Gasteiger partial charge in [-0.2, -0.15) is 5.10 Å². The van der Waals surface area contributed by atoms with Crippen LogP contribution in [0.2, 0.25) is 0 Å². The summed E-state index contributed by atoms with van der Waals surface area (Å²) in [5.74, 6) is 1.55. The van der Waals surface area contributed by atoms with Gasteiger partial charge in [-0.3, -0.25) is 4.72 Å². The van der Waals surface area contributed by atoms with Gasteiger partial charge in [-0.25, -0.2) is 18.1 Å². The van der Waals surface area contributed by atoms with Gasteiger partial charge in [0.2, 0.25) is 0 Å². The van der Waals surface area contributed by atoms with Gasteiger partial charge in [-0.05, 0) is 30.3 Å². The van der Waals surface area contributed by atoms with E-state index in [2.05, 4.69) is 14.8 Å². The van der Waals surface area contributed by atoms with E-state index >= 15 is 0 Å². The second-order valence-electron chi connectivity index (χ2n) is 5.27. The quantitative estimate of drug-likeness (QED) is 0.765. The number of hydrogen-bond donors (Lipinski definition) is 1. The van der Waals surface area contributed by atoms with Crippen LogP contribution in [-0.2, 0) is 10.0 Å². The topological polar surface area (TPSA) is 95.3 Å². The molecule has 0 unspecified atom stereocenters. The molecule has 1 aliphatic heterocycles. The summed E-state index contributed by atoms with van der Waals surface area (Å²) < 4.78 is 40.0. The van der Waals surface area contributed by atoms with Gasteiger partial charge in [-0.15, -0.1) is 0 Å². The lowest BCUT2D eigenvalue weighted by Crippen LogP contribution is -2.17. The molecule has 3 heterocycles. The molecule has 0 amide bonds. The fourth-order valence-electron chi connectivity index (χ4n) is 2.39. The van der Waals surface area contributed by atoms with Crippen LogP contribution in [-0.4, -0.2) is 36.4 Å². The molecule has 0 bridgehead atoms. The number of ether oxygens (including phenoxy) is 2. The number of fused-ring (bicyclic) bond motifs is 1. The summed E-state index contributed by atoms with van der Waals surface area (Å²) in [6.07, 6.45) is 4.83. The monoisotopic (exact) mass is 358 g/mol. The van der Waals surface area contributed by atoms with Gasteiger partial charge in [0.15, 0.2) is 17.3 Å². The van der Waals surface area contributed by atoms with E-state index in [4.69, 9.17) is 9.47 Å². The van der Waals surface area contributed by atoms with E-state index in [1.807, 2.05) is 0 Å². The number of benzene rings is 1. The highest BCUT2D eigenvalue weighted by Gasteiger charge is 2.19. The minimum Gasteiger partial charge on any atom is -0.486 e. The predicted molar refractivity (Wildman–Crippen MR) is 89.6 cm³/mol. The maximum Gasteiger partial charge on any atom is 0.262 e. The molecule has 0 fully saturated rings. The molecule has 0 aliphatic carbocycles. The van der Waals surface area contributed by atoms with Crippen molar-refractivity contribution in [2.45, 2.75) is 4.90 Å². The van der Waals surface area contributed by atoms with Gasteiger partial charge in [-0.1, -0.05) is 0 Å².